The van der Waals surface area contributed by atoms with Gasteiger partial charge in [0.15, 0.2) is 0 Å². The fourth-order valence-corrected chi connectivity index (χ4v) is 2.68. The highest BCUT2D eigenvalue weighted by atomic mass is 16.3. The van der Waals surface area contributed by atoms with E-state index >= 15 is 0 Å². The molecule has 1 fully saturated rings. The van der Waals surface area contributed by atoms with Crippen LogP contribution in [0.5, 0.6) is 0 Å². The smallest absolute Gasteiger partial charge is 0.253 e. The minimum Gasteiger partial charge on any atom is -0.467 e. The number of carbonyl (C=O) groups is 2. The van der Waals surface area contributed by atoms with Crippen LogP contribution in [-0.4, -0.2) is 36.3 Å². The van der Waals surface area contributed by atoms with Crippen LogP contribution in [0.1, 0.15) is 29.0 Å². The Balaban J connectivity index is 1.45. The number of anilines is 1. The summed E-state index contributed by atoms with van der Waals surface area (Å²) in [5.41, 5.74) is 1.49. The Morgan fingerprint density at radius 2 is 1.83 bits per heavy atom. The van der Waals surface area contributed by atoms with E-state index in [0.717, 1.165) is 31.6 Å². The van der Waals surface area contributed by atoms with E-state index in [1.165, 1.54) is 0 Å². The van der Waals surface area contributed by atoms with Crippen molar-refractivity contribution in [1.82, 2.24) is 10.2 Å². The Hall–Kier alpha value is -2.76. The molecule has 2 N–H and O–H groups in total. The molecule has 0 radical (unpaired) electrons. The first-order valence-electron chi connectivity index (χ1n) is 8.15. The van der Waals surface area contributed by atoms with Gasteiger partial charge >= 0.3 is 0 Å². The van der Waals surface area contributed by atoms with Crippen LogP contribution in [0.25, 0.3) is 0 Å². The summed E-state index contributed by atoms with van der Waals surface area (Å²) >= 11 is 0. The summed E-state index contributed by atoms with van der Waals surface area (Å²) in [7, 11) is 0. The molecule has 1 aromatic carbocycles. The average Bonchev–Trinajstić information content (AvgIpc) is 3.31. The lowest BCUT2D eigenvalue weighted by Gasteiger charge is -2.15. The lowest BCUT2D eigenvalue weighted by atomic mass is 10.2. The molecular formula is C18H21N3O3. The maximum absolute atomic E-state index is 12.3. The van der Waals surface area contributed by atoms with E-state index in [0.29, 0.717) is 17.9 Å². The lowest BCUT2D eigenvalue weighted by molar-refractivity contribution is -0.119. The van der Waals surface area contributed by atoms with Crippen LogP contribution in [0.15, 0.2) is 47.1 Å². The number of furan rings is 1. The van der Waals surface area contributed by atoms with Crippen LogP contribution in [-0.2, 0) is 11.3 Å². The SMILES string of the molecule is O=C(CNc1ccc(C(=O)N2CCCC2)cc1)NCc1ccco1. The molecule has 0 atom stereocenters. The third kappa shape index (κ3) is 4.16. The van der Waals surface area contributed by atoms with Gasteiger partial charge in [-0.15, -0.1) is 0 Å². The summed E-state index contributed by atoms with van der Waals surface area (Å²) in [6.07, 6.45) is 3.74. The molecule has 1 aliphatic heterocycles. The molecule has 24 heavy (non-hydrogen) atoms. The molecule has 0 aliphatic carbocycles. The fourth-order valence-electron chi connectivity index (χ4n) is 2.68. The molecular weight excluding hydrogens is 306 g/mol. The van der Waals surface area contributed by atoms with E-state index in [-0.39, 0.29) is 18.4 Å². The third-order valence-corrected chi connectivity index (χ3v) is 4.02. The van der Waals surface area contributed by atoms with E-state index in [9.17, 15) is 9.59 Å². The Morgan fingerprint density at radius 1 is 1.08 bits per heavy atom. The van der Waals surface area contributed by atoms with E-state index in [1.807, 2.05) is 23.1 Å². The Bertz CT molecular complexity index is 674. The van der Waals surface area contributed by atoms with Crippen molar-refractivity contribution in [3.63, 3.8) is 0 Å². The van der Waals surface area contributed by atoms with E-state index < -0.39 is 0 Å². The van der Waals surface area contributed by atoms with Gasteiger partial charge < -0.3 is 20.0 Å². The molecule has 126 valence electrons. The standard InChI is InChI=1S/C18H21N3O3/c22-17(20-12-16-4-3-11-24-16)13-19-15-7-5-14(6-8-15)18(23)21-9-1-2-10-21/h3-8,11,19H,1-2,9-10,12-13H2,(H,20,22). The first-order valence-corrected chi connectivity index (χ1v) is 8.15. The number of likely N-dealkylation sites (tertiary alicyclic amines) is 1. The van der Waals surface area contributed by atoms with Crippen LogP contribution in [0.3, 0.4) is 0 Å². The van der Waals surface area contributed by atoms with Crippen molar-refractivity contribution in [2.75, 3.05) is 25.0 Å². The van der Waals surface area contributed by atoms with Gasteiger partial charge in [0.1, 0.15) is 5.76 Å². The summed E-state index contributed by atoms with van der Waals surface area (Å²) in [6, 6.07) is 10.8. The van der Waals surface area contributed by atoms with Crippen LogP contribution < -0.4 is 10.6 Å². The van der Waals surface area contributed by atoms with E-state index in [2.05, 4.69) is 10.6 Å². The topological polar surface area (TPSA) is 74.6 Å². The van der Waals surface area contributed by atoms with Crippen molar-refractivity contribution >= 4 is 17.5 Å². The molecule has 6 heteroatoms. The van der Waals surface area contributed by atoms with Gasteiger partial charge in [0.25, 0.3) is 5.91 Å². The maximum atomic E-state index is 12.3. The molecule has 1 aromatic heterocycles. The monoisotopic (exact) mass is 327 g/mol. The summed E-state index contributed by atoms with van der Waals surface area (Å²) in [5.74, 6) is 0.673. The van der Waals surface area contributed by atoms with Crippen molar-refractivity contribution in [3.8, 4) is 0 Å². The largest absolute Gasteiger partial charge is 0.467 e. The molecule has 6 nitrogen and oxygen atoms in total. The van der Waals surface area contributed by atoms with Gasteiger partial charge in [-0.1, -0.05) is 0 Å². The predicted molar refractivity (Wildman–Crippen MR) is 90.6 cm³/mol. The highest BCUT2D eigenvalue weighted by Crippen LogP contribution is 2.15. The Labute approximate surface area is 140 Å². The molecule has 2 amide bonds. The van der Waals surface area contributed by atoms with Crippen molar-refractivity contribution < 1.29 is 14.0 Å². The number of hydrogen-bond donors (Lipinski definition) is 2. The highest BCUT2D eigenvalue weighted by Gasteiger charge is 2.19. The van der Waals surface area contributed by atoms with E-state index in [1.54, 1.807) is 24.5 Å². The fraction of sp³-hybridized carbons (Fsp3) is 0.333. The molecule has 0 unspecified atom stereocenters. The van der Waals surface area contributed by atoms with Crippen LogP contribution in [0.2, 0.25) is 0 Å². The Morgan fingerprint density at radius 3 is 2.50 bits per heavy atom. The van der Waals surface area contributed by atoms with Crippen molar-refractivity contribution in [1.29, 1.82) is 0 Å². The molecule has 1 saturated heterocycles. The molecule has 1 aliphatic rings. The lowest BCUT2D eigenvalue weighted by Crippen LogP contribution is -2.29. The van der Waals surface area contributed by atoms with Gasteiger partial charge in [-0.05, 0) is 49.2 Å². The third-order valence-electron chi connectivity index (χ3n) is 4.02. The van der Waals surface area contributed by atoms with Crippen LogP contribution in [0.4, 0.5) is 5.69 Å². The summed E-state index contributed by atoms with van der Waals surface area (Å²) in [4.78, 5) is 25.9. The quantitative estimate of drug-likeness (QED) is 0.853. The molecule has 0 spiro atoms. The number of nitrogens with one attached hydrogen (secondary N) is 2. The number of carbonyl (C=O) groups excluding carboxylic acids is 2. The molecule has 0 saturated carbocycles. The van der Waals surface area contributed by atoms with Gasteiger partial charge in [-0.2, -0.15) is 0 Å². The minimum atomic E-state index is -0.122. The molecule has 3 rings (SSSR count). The first-order chi connectivity index (χ1) is 11.7. The molecule has 0 bridgehead atoms. The second kappa shape index (κ2) is 7.68. The minimum absolute atomic E-state index is 0.0789. The Kier molecular flexibility index (Phi) is 5.15. The van der Waals surface area contributed by atoms with Gasteiger partial charge in [0.2, 0.25) is 5.91 Å². The van der Waals surface area contributed by atoms with Gasteiger partial charge in [0, 0.05) is 24.3 Å². The van der Waals surface area contributed by atoms with Crippen molar-refractivity contribution in [2.45, 2.75) is 19.4 Å². The van der Waals surface area contributed by atoms with Crippen molar-refractivity contribution in [2.24, 2.45) is 0 Å². The van der Waals surface area contributed by atoms with Crippen LogP contribution in [0, 0.1) is 0 Å². The number of nitrogens with zero attached hydrogens (tertiary/aromatic N) is 1. The number of benzene rings is 1. The van der Waals surface area contributed by atoms with Crippen LogP contribution >= 0.6 is 0 Å². The second-order valence-electron chi connectivity index (χ2n) is 5.79. The summed E-state index contributed by atoms with van der Waals surface area (Å²) in [5, 5.41) is 5.81. The van der Waals surface area contributed by atoms with Crippen molar-refractivity contribution in [3.05, 3.63) is 54.0 Å². The zero-order chi connectivity index (χ0) is 16.8. The summed E-state index contributed by atoms with van der Waals surface area (Å²) in [6.45, 7) is 2.22. The van der Waals surface area contributed by atoms with Gasteiger partial charge in [-0.25, -0.2) is 0 Å². The molecule has 2 heterocycles. The summed E-state index contributed by atoms with van der Waals surface area (Å²) < 4.78 is 5.15. The van der Waals surface area contributed by atoms with E-state index in [4.69, 9.17) is 4.42 Å². The number of hydrogen-bond acceptors (Lipinski definition) is 4. The average molecular weight is 327 g/mol. The zero-order valence-corrected chi connectivity index (χ0v) is 13.5. The van der Waals surface area contributed by atoms with Gasteiger partial charge in [0.05, 0.1) is 19.4 Å². The normalized spacial score (nSPS) is 13.8. The molecule has 2 aromatic rings. The predicted octanol–water partition coefficient (Wildman–Crippen LogP) is 2.24. The van der Waals surface area contributed by atoms with Gasteiger partial charge in [-0.3, -0.25) is 9.59 Å². The number of rotatable bonds is 6. The first kappa shape index (κ1) is 16.1. The maximum Gasteiger partial charge on any atom is 0.253 e. The second-order valence-corrected chi connectivity index (χ2v) is 5.79. The number of amides is 2. The highest BCUT2D eigenvalue weighted by molar-refractivity contribution is 5.94. The zero-order valence-electron chi connectivity index (χ0n) is 13.5.